The number of pyridine rings is 1. The molecule has 0 radical (unpaired) electrons. The summed E-state index contributed by atoms with van der Waals surface area (Å²) in [6.45, 7) is 6.39. The molecule has 1 atom stereocenters. The summed E-state index contributed by atoms with van der Waals surface area (Å²) < 4.78 is 31.4. The lowest BCUT2D eigenvalue weighted by atomic mass is 10.1. The number of hydrogen-bond donors (Lipinski definition) is 2. The molecule has 2 saturated carbocycles. The Balaban J connectivity index is 1.49. The van der Waals surface area contributed by atoms with Crippen LogP contribution < -0.4 is 14.9 Å². The smallest absolute Gasteiger partial charge is 0.242 e. The van der Waals surface area contributed by atoms with Crippen molar-refractivity contribution < 1.29 is 8.42 Å². The van der Waals surface area contributed by atoms with Gasteiger partial charge in [-0.05, 0) is 45.6 Å². The van der Waals surface area contributed by atoms with Crippen LogP contribution in [0.5, 0.6) is 0 Å². The lowest BCUT2D eigenvalue weighted by Crippen LogP contribution is -2.49. The zero-order valence-electron chi connectivity index (χ0n) is 19.1. The van der Waals surface area contributed by atoms with Crippen LogP contribution in [0.2, 0.25) is 0 Å². The number of piperazine rings is 1. The summed E-state index contributed by atoms with van der Waals surface area (Å²) in [6, 6.07) is 4.40. The molecule has 0 amide bonds. The number of anilines is 1. The van der Waals surface area contributed by atoms with Crippen LogP contribution in [0.25, 0.3) is 16.3 Å². The summed E-state index contributed by atoms with van der Waals surface area (Å²) in [5.74, 6) is 0.534. The van der Waals surface area contributed by atoms with Crippen LogP contribution in [-0.4, -0.2) is 59.2 Å². The molecule has 0 bridgehead atoms. The second kappa shape index (κ2) is 7.45. The molecule has 34 heavy (non-hydrogen) atoms. The van der Waals surface area contributed by atoms with Crippen LogP contribution in [-0.2, 0) is 15.4 Å². The van der Waals surface area contributed by atoms with Crippen LogP contribution in [0.15, 0.2) is 23.4 Å². The fourth-order valence-electron chi connectivity index (χ4n) is 4.44. The Morgan fingerprint density at radius 3 is 2.76 bits per heavy atom. The molecule has 3 aromatic rings. The molecular weight excluding hydrogens is 472 g/mol. The lowest BCUT2D eigenvalue weighted by molar-refractivity contribution is 0.485. The van der Waals surface area contributed by atoms with E-state index in [0.717, 1.165) is 56.5 Å². The molecule has 10 nitrogen and oxygen atoms in total. The van der Waals surface area contributed by atoms with Crippen LogP contribution in [0.1, 0.15) is 44.5 Å². The van der Waals surface area contributed by atoms with E-state index in [1.54, 1.807) is 18.5 Å². The molecule has 2 N–H and O–H groups in total. The van der Waals surface area contributed by atoms with Gasteiger partial charge in [-0.15, -0.1) is 10.2 Å². The van der Waals surface area contributed by atoms with Crippen LogP contribution in [0.4, 0.5) is 5.69 Å². The van der Waals surface area contributed by atoms with E-state index in [1.807, 2.05) is 11.3 Å². The molecule has 0 aromatic carbocycles. The first kappa shape index (κ1) is 21.9. The van der Waals surface area contributed by atoms with Crippen molar-refractivity contribution in [3.8, 4) is 16.9 Å². The normalized spacial score (nSPS) is 23.1. The number of fused-ring (bicyclic) bond motifs is 1. The van der Waals surface area contributed by atoms with Gasteiger partial charge in [0.25, 0.3) is 0 Å². The van der Waals surface area contributed by atoms with E-state index in [9.17, 15) is 13.7 Å². The van der Waals surface area contributed by atoms with Gasteiger partial charge in [-0.2, -0.15) is 5.26 Å². The molecule has 1 aliphatic heterocycles. The minimum atomic E-state index is -3.73. The van der Waals surface area contributed by atoms with E-state index in [1.165, 1.54) is 11.3 Å². The van der Waals surface area contributed by atoms with Gasteiger partial charge in [0.15, 0.2) is 10.8 Å². The van der Waals surface area contributed by atoms with Gasteiger partial charge in [-0.3, -0.25) is 4.40 Å². The Morgan fingerprint density at radius 1 is 1.29 bits per heavy atom. The first-order valence-electron chi connectivity index (χ1n) is 11.5. The van der Waals surface area contributed by atoms with Gasteiger partial charge in [-0.1, -0.05) is 11.3 Å². The van der Waals surface area contributed by atoms with Crippen LogP contribution >= 0.6 is 11.3 Å². The Bertz CT molecular complexity index is 1430. The van der Waals surface area contributed by atoms with Crippen LogP contribution in [0.3, 0.4) is 0 Å². The Kier molecular flexibility index (Phi) is 4.80. The largest absolute Gasteiger partial charge is 0.367 e. The number of nitrogens with one attached hydrogen (secondary N) is 2. The second-order valence-corrected chi connectivity index (χ2v) is 12.6. The fraction of sp³-hybridized carbons (Fsp3) is 0.545. The highest BCUT2D eigenvalue weighted by atomic mass is 32.2. The Labute approximate surface area is 202 Å². The maximum absolute atomic E-state index is 13.3. The van der Waals surface area contributed by atoms with Gasteiger partial charge in [0.05, 0.1) is 23.5 Å². The molecule has 0 unspecified atom stereocenters. The summed E-state index contributed by atoms with van der Waals surface area (Å²) in [5.41, 5.74) is 0.748. The zero-order valence-corrected chi connectivity index (χ0v) is 20.7. The topological polar surface area (TPSA) is 128 Å². The Morgan fingerprint density at radius 2 is 2.09 bits per heavy atom. The summed E-state index contributed by atoms with van der Waals surface area (Å²) >= 11 is 1.36. The van der Waals surface area contributed by atoms with E-state index < -0.39 is 15.4 Å². The van der Waals surface area contributed by atoms with Gasteiger partial charge in [-0.25, -0.2) is 18.1 Å². The molecule has 178 valence electrons. The molecule has 1 saturated heterocycles. The highest BCUT2D eigenvalue weighted by Gasteiger charge is 2.48. The van der Waals surface area contributed by atoms with Gasteiger partial charge in [0.2, 0.25) is 10.0 Å². The van der Waals surface area contributed by atoms with Gasteiger partial charge in [0.1, 0.15) is 15.3 Å². The van der Waals surface area contributed by atoms with Crippen molar-refractivity contribution in [2.24, 2.45) is 0 Å². The number of nitrogens with zero attached hydrogens (tertiary/aromatic N) is 6. The standard InChI is InChI=1S/C22H26N8O2S2/c1-14-11-29(8-7-24-14)16-9-15(34(31,32)28-21(2)3-4-21)12-30-17(16)10-25-18(30)19-26-27-20(33-19)22(13-23)5-6-22/h9-10,12,14,24,28H,3-8,11H2,1-2H3/t14-/m0/s1. The molecule has 3 fully saturated rings. The third-order valence-corrected chi connectivity index (χ3v) is 9.71. The molecule has 6 rings (SSSR count). The first-order valence-corrected chi connectivity index (χ1v) is 13.8. The molecule has 0 spiro atoms. The van der Waals surface area contributed by atoms with Crippen molar-refractivity contribution in [1.82, 2.24) is 29.6 Å². The van der Waals surface area contributed by atoms with Gasteiger partial charge < -0.3 is 10.2 Å². The van der Waals surface area contributed by atoms with Crippen molar-refractivity contribution in [1.29, 1.82) is 5.26 Å². The highest BCUT2D eigenvalue weighted by molar-refractivity contribution is 7.89. The van der Waals surface area contributed by atoms with Crippen molar-refractivity contribution in [3.63, 3.8) is 0 Å². The average molecular weight is 499 g/mol. The van der Waals surface area contributed by atoms with Crippen molar-refractivity contribution >= 4 is 32.6 Å². The third-order valence-electron chi connectivity index (χ3n) is 6.98. The number of nitriles is 1. The monoisotopic (exact) mass is 498 g/mol. The van der Waals surface area contributed by atoms with Crippen molar-refractivity contribution in [2.75, 3.05) is 24.5 Å². The molecule has 3 aliphatic rings. The Hall–Kier alpha value is -2.59. The van der Waals surface area contributed by atoms with E-state index in [0.29, 0.717) is 15.8 Å². The zero-order chi connectivity index (χ0) is 23.7. The number of hydrogen-bond acceptors (Lipinski definition) is 9. The summed E-state index contributed by atoms with van der Waals surface area (Å²) in [6.07, 6.45) is 6.64. The predicted octanol–water partition coefficient (Wildman–Crippen LogP) is 2.04. The maximum Gasteiger partial charge on any atom is 0.242 e. The number of imidazole rings is 1. The summed E-state index contributed by atoms with van der Waals surface area (Å²) in [4.78, 5) is 7.03. The number of aromatic nitrogens is 4. The molecule has 2 aliphatic carbocycles. The van der Waals surface area contributed by atoms with Crippen molar-refractivity contribution in [3.05, 3.63) is 23.5 Å². The summed E-state index contributed by atoms with van der Waals surface area (Å²) in [5, 5.41) is 22.8. The minimum Gasteiger partial charge on any atom is -0.367 e. The summed E-state index contributed by atoms with van der Waals surface area (Å²) in [7, 11) is -3.73. The predicted molar refractivity (Wildman–Crippen MR) is 128 cm³/mol. The average Bonchev–Trinajstić information content (AvgIpc) is 3.63. The minimum absolute atomic E-state index is 0.203. The maximum atomic E-state index is 13.3. The fourth-order valence-corrected chi connectivity index (χ4v) is 6.96. The van der Waals surface area contributed by atoms with Gasteiger partial charge >= 0.3 is 0 Å². The van der Waals surface area contributed by atoms with E-state index in [-0.39, 0.29) is 16.5 Å². The lowest BCUT2D eigenvalue weighted by Gasteiger charge is -2.34. The number of rotatable bonds is 6. The molecule has 3 aromatic heterocycles. The van der Waals surface area contributed by atoms with Crippen LogP contribution in [0, 0.1) is 11.3 Å². The quantitative estimate of drug-likeness (QED) is 0.528. The number of sulfonamides is 1. The highest BCUT2D eigenvalue weighted by Crippen LogP contribution is 2.49. The van der Waals surface area contributed by atoms with E-state index in [4.69, 9.17) is 0 Å². The molecule has 12 heteroatoms. The van der Waals surface area contributed by atoms with Gasteiger partial charge in [0, 0.05) is 37.4 Å². The molecular formula is C22H26N8O2S2. The van der Waals surface area contributed by atoms with E-state index in [2.05, 4.69) is 43.1 Å². The van der Waals surface area contributed by atoms with Crippen molar-refractivity contribution in [2.45, 2.75) is 61.4 Å². The molecule has 4 heterocycles. The third kappa shape index (κ3) is 3.67. The first-order chi connectivity index (χ1) is 16.2. The van der Waals surface area contributed by atoms with E-state index >= 15 is 0 Å². The second-order valence-electron chi connectivity index (χ2n) is 9.97. The SMILES string of the molecule is C[C@H]1CN(c2cc(S(=O)(=O)NC3(C)CC3)cn3c(-c4nnc(C5(C#N)CC5)s4)ncc23)CCN1.